The van der Waals surface area contributed by atoms with E-state index in [1.54, 1.807) is 19.2 Å². The molecule has 0 unspecified atom stereocenters. The molecule has 0 amide bonds. The third kappa shape index (κ3) is 4.28. The Kier molecular flexibility index (Phi) is 5.83. The van der Waals surface area contributed by atoms with E-state index >= 15 is 0 Å². The number of morpholine rings is 1. The van der Waals surface area contributed by atoms with Gasteiger partial charge in [-0.15, -0.1) is 0 Å². The van der Waals surface area contributed by atoms with Crippen molar-refractivity contribution in [3.8, 4) is 22.6 Å². The summed E-state index contributed by atoms with van der Waals surface area (Å²) in [7, 11) is 1.62. The van der Waals surface area contributed by atoms with Gasteiger partial charge in [0.15, 0.2) is 0 Å². The molecule has 0 atom stereocenters. The Balaban J connectivity index is 1.55. The Morgan fingerprint density at radius 2 is 1.76 bits per heavy atom. The van der Waals surface area contributed by atoms with Crippen molar-refractivity contribution < 1.29 is 23.5 Å². The Hall–Kier alpha value is -2.83. The molecule has 0 saturated carbocycles. The van der Waals surface area contributed by atoms with Gasteiger partial charge in [-0.3, -0.25) is 4.79 Å². The van der Waals surface area contributed by atoms with Crippen LogP contribution < -0.4 is 19.8 Å². The summed E-state index contributed by atoms with van der Waals surface area (Å²) in [6.07, 6.45) is 0. The van der Waals surface area contributed by atoms with E-state index in [2.05, 4.69) is 0 Å². The first-order valence-electron chi connectivity index (χ1n) is 9.91. The lowest BCUT2D eigenvalue weighted by atomic mass is 10.0. The molecular formula is C23H26NO5+. The number of hydrogen-bond acceptors (Lipinski definition) is 5. The molecule has 0 spiro atoms. The van der Waals surface area contributed by atoms with Crippen molar-refractivity contribution in [3.63, 3.8) is 0 Å². The largest absolute Gasteiger partial charge is 0.497 e. The summed E-state index contributed by atoms with van der Waals surface area (Å²) in [6, 6.07) is 12.8. The fourth-order valence-electron chi connectivity index (χ4n) is 3.69. The van der Waals surface area contributed by atoms with Gasteiger partial charge in [0.05, 0.1) is 31.3 Å². The molecule has 1 N–H and O–H groups in total. The molecule has 29 heavy (non-hydrogen) atoms. The molecule has 0 aliphatic carbocycles. The zero-order valence-electron chi connectivity index (χ0n) is 16.8. The third-order valence-electron chi connectivity index (χ3n) is 5.34. The minimum Gasteiger partial charge on any atom is -0.497 e. The van der Waals surface area contributed by atoms with Crippen LogP contribution in [0.1, 0.15) is 5.76 Å². The molecule has 3 aromatic rings. The Labute approximate surface area is 169 Å². The zero-order valence-corrected chi connectivity index (χ0v) is 16.8. The molecule has 6 heteroatoms. The lowest BCUT2D eigenvalue weighted by Gasteiger charge is -2.23. The fraction of sp³-hybridized carbons (Fsp3) is 0.348. The maximum atomic E-state index is 13.1. The monoisotopic (exact) mass is 396 g/mol. The molecule has 2 heterocycles. The number of ether oxygens (including phenoxy) is 3. The van der Waals surface area contributed by atoms with E-state index in [1.165, 1.54) is 4.90 Å². The highest BCUT2D eigenvalue weighted by Crippen LogP contribution is 2.27. The molecule has 1 saturated heterocycles. The van der Waals surface area contributed by atoms with E-state index in [0.717, 1.165) is 44.2 Å². The van der Waals surface area contributed by atoms with Gasteiger partial charge in [-0.2, -0.15) is 0 Å². The summed E-state index contributed by atoms with van der Waals surface area (Å²) in [4.78, 5) is 14.6. The van der Waals surface area contributed by atoms with Gasteiger partial charge in [-0.05, 0) is 36.8 Å². The zero-order chi connectivity index (χ0) is 20.2. The predicted octanol–water partition coefficient (Wildman–Crippen LogP) is 2.07. The minimum atomic E-state index is -0.0433. The van der Waals surface area contributed by atoms with Crippen molar-refractivity contribution >= 4 is 11.0 Å². The molecule has 6 nitrogen and oxygen atoms in total. The maximum absolute atomic E-state index is 13.1. The van der Waals surface area contributed by atoms with Crippen LogP contribution in [-0.4, -0.2) is 46.6 Å². The molecule has 1 aliphatic rings. The van der Waals surface area contributed by atoms with Crippen LogP contribution in [0.4, 0.5) is 0 Å². The topological polar surface area (TPSA) is 62.3 Å². The van der Waals surface area contributed by atoms with Crippen molar-refractivity contribution in [2.45, 2.75) is 6.92 Å². The second-order valence-electron chi connectivity index (χ2n) is 7.21. The highest BCUT2D eigenvalue weighted by Gasteiger charge is 2.16. The second-order valence-corrected chi connectivity index (χ2v) is 7.21. The van der Waals surface area contributed by atoms with Crippen molar-refractivity contribution in [2.24, 2.45) is 0 Å². The molecule has 152 valence electrons. The van der Waals surface area contributed by atoms with E-state index in [9.17, 15) is 4.79 Å². The average Bonchev–Trinajstić information content (AvgIpc) is 2.75. The first-order chi connectivity index (χ1) is 14.2. The number of quaternary nitrogens is 1. The first kappa shape index (κ1) is 19.5. The molecule has 0 radical (unpaired) electrons. The molecule has 1 fully saturated rings. The SMILES string of the molecule is COc1ccc(-c2c(C)oc3cc(OCC[NH+]4CCOCC4)ccc3c2=O)cc1. The summed E-state index contributed by atoms with van der Waals surface area (Å²) < 4.78 is 22.5. The Morgan fingerprint density at radius 1 is 1.03 bits per heavy atom. The van der Waals surface area contributed by atoms with E-state index in [4.69, 9.17) is 18.6 Å². The Morgan fingerprint density at radius 3 is 2.48 bits per heavy atom. The molecule has 2 aromatic carbocycles. The normalized spacial score (nSPS) is 14.8. The Bertz CT molecular complexity index is 1040. The number of fused-ring (bicyclic) bond motifs is 1. The van der Waals surface area contributed by atoms with Gasteiger partial charge in [0.1, 0.15) is 49.1 Å². The van der Waals surface area contributed by atoms with Crippen LogP contribution in [0, 0.1) is 6.92 Å². The van der Waals surface area contributed by atoms with Crippen LogP contribution in [0.2, 0.25) is 0 Å². The highest BCUT2D eigenvalue weighted by molar-refractivity contribution is 5.83. The summed E-state index contributed by atoms with van der Waals surface area (Å²) in [5.41, 5.74) is 1.89. The molecule has 1 aliphatic heterocycles. The molecule has 1 aromatic heterocycles. The summed E-state index contributed by atoms with van der Waals surface area (Å²) in [5.74, 6) is 2.05. The van der Waals surface area contributed by atoms with Crippen LogP contribution in [0.25, 0.3) is 22.1 Å². The van der Waals surface area contributed by atoms with E-state index in [1.807, 2.05) is 37.3 Å². The number of hydrogen-bond donors (Lipinski definition) is 1. The molecular weight excluding hydrogens is 370 g/mol. The summed E-state index contributed by atoms with van der Waals surface area (Å²) in [5, 5.41) is 0.549. The quantitative estimate of drug-likeness (QED) is 0.691. The van der Waals surface area contributed by atoms with Gasteiger partial charge in [0.2, 0.25) is 5.43 Å². The van der Waals surface area contributed by atoms with Gasteiger partial charge >= 0.3 is 0 Å². The van der Waals surface area contributed by atoms with Gasteiger partial charge in [-0.1, -0.05) is 12.1 Å². The fourth-order valence-corrected chi connectivity index (χ4v) is 3.69. The highest BCUT2D eigenvalue weighted by atomic mass is 16.5. The van der Waals surface area contributed by atoms with Gasteiger partial charge in [-0.25, -0.2) is 0 Å². The second kappa shape index (κ2) is 8.68. The van der Waals surface area contributed by atoms with Crippen molar-refractivity contribution in [1.29, 1.82) is 0 Å². The van der Waals surface area contributed by atoms with Crippen LogP contribution >= 0.6 is 0 Å². The first-order valence-corrected chi connectivity index (χ1v) is 9.91. The standard InChI is InChI=1S/C23H25NO5/c1-16-22(17-3-5-18(26-2)6-4-17)23(25)20-8-7-19(15-21(20)29-16)28-14-11-24-9-12-27-13-10-24/h3-8,15H,9-14H2,1-2H3/p+1. The van der Waals surface area contributed by atoms with E-state index < -0.39 is 0 Å². The van der Waals surface area contributed by atoms with E-state index in [0.29, 0.717) is 34.6 Å². The average molecular weight is 396 g/mol. The van der Waals surface area contributed by atoms with Crippen LogP contribution in [0.3, 0.4) is 0 Å². The number of aryl methyl sites for hydroxylation is 1. The lowest BCUT2D eigenvalue weighted by molar-refractivity contribution is -0.908. The molecule has 0 bridgehead atoms. The van der Waals surface area contributed by atoms with Crippen molar-refractivity contribution in [2.75, 3.05) is 46.6 Å². The maximum Gasteiger partial charge on any atom is 0.200 e. The third-order valence-corrected chi connectivity index (χ3v) is 5.34. The number of methoxy groups -OCH3 is 1. The van der Waals surface area contributed by atoms with Crippen LogP contribution in [-0.2, 0) is 4.74 Å². The smallest absolute Gasteiger partial charge is 0.200 e. The predicted molar refractivity (Wildman–Crippen MR) is 111 cm³/mol. The van der Waals surface area contributed by atoms with Crippen molar-refractivity contribution in [3.05, 3.63) is 58.4 Å². The van der Waals surface area contributed by atoms with Gasteiger partial charge in [0.25, 0.3) is 0 Å². The number of benzene rings is 2. The van der Waals surface area contributed by atoms with Crippen LogP contribution in [0.15, 0.2) is 51.7 Å². The number of rotatable bonds is 6. The number of nitrogens with one attached hydrogen (secondary N) is 1. The van der Waals surface area contributed by atoms with Crippen molar-refractivity contribution in [1.82, 2.24) is 0 Å². The minimum absolute atomic E-state index is 0.0433. The van der Waals surface area contributed by atoms with E-state index in [-0.39, 0.29) is 5.43 Å². The van der Waals surface area contributed by atoms with Gasteiger partial charge < -0.3 is 23.5 Å². The van der Waals surface area contributed by atoms with Gasteiger partial charge in [0, 0.05) is 6.07 Å². The lowest BCUT2D eigenvalue weighted by Crippen LogP contribution is -3.14. The summed E-state index contributed by atoms with van der Waals surface area (Å²) in [6.45, 7) is 7.02. The summed E-state index contributed by atoms with van der Waals surface area (Å²) >= 11 is 0. The molecule has 4 rings (SSSR count). The van der Waals surface area contributed by atoms with Crippen LogP contribution in [0.5, 0.6) is 11.5 Å².